The average Bonchev–Trinajstić information content (AvgIpc) is 3.25. The fourth-order valence-electron chi connectivity index (χ4n) is 5.51. The van der Waals surface area contributed by atoms with E-state index in [-0.39, 0.29) is 12.1 Å². The smallest absolute Gasteiger partial charge is 0.125 e. The largest absolute Gasteiger partial charge is 0.491 e. The number of rotatable bonds is 10. The molecule has 0 radical (unpaired) electrons. The Kier molecular flexibility index (Phi) is 7.83. The highest BCUT2D eigenvalue weighted by atomic mass is 16.5. The third-order valence-electron chi connectivity index (χ3n) is 7.48. The maximum Gasteiger partial charge on any atom is 0.125 e. The molecule has 4 nitrogen and oxygen atoms in total. The predicted octanol–water partition coefficient (Wildman–Crippen LogP) is 8.25. The normalized spacial score (nSPS) is 13.3. The highest BCUT2D eigenvalue weighted by molar-refractivity contribution is 5.80. The molecular weight excluding hydrogens is 480 g/mol. The Morgan fingerprint density at radius 1 is 0.590 bits per heavy atom. The number of hydrogen-bond acceptors (Lipinski definition) is 4. The summed E-state index contributed by atoms with van der Waals surface area (Å²) in [4.78, 5) is 0. The zero-order valence-electron chi connectivity index (χ0n) is 24.0. The SMILES string of the molecule is Cc1cccc(C)c1OCC(C)Nc1ccc2c(c1)Cc1cc(NC(C)COc3c(C)cccc3C)ccc1-2. The molecule has 0 aromatic heterocycles. The molecular formula is C35H40N2O2. The minimum Gasteiger partial charge on any atom is -0.491 e. The van der Waals surface area contributed by atoms with Gasteiger partial charge in [0.05, 0.1) is 12.1 Å². The van der Waals surface area contributed by atoms with Gasteiger partial charge in [-0.05, 0) is 117 Å². The summed E-state index contributed by atoms with van der Waals surface area (Å²) in [6.07, 6.45) is 0.941. The lowest BCUT2D eigenvalue weighted by molar-refractivity contribution is 0.300. The van der Waals surface area contributed by atoms with E-state index >= 15 is 0 Å². The molecule has 0 saturated heterocycles. The Morgan fingerprint density at radius 3 is 1.36 bits per heavy atom. The van der Waals surface area contributed by atoms with Gasteiger partial charge in [0.2, 0.25) is 0 Å². The van der Waals surface area contributed by atoms with Crippen LogP contribution in [-0.2, 0) is 6.42 Å². The van der Waals surface area contributed by atoms with Gasteiger partial charge in [0.25, 0.3) is 0 Å². The van der Waals surface area contributed by atoms with Gasteiger partial charge in [-0.1, -0.05) is 48.5 Å². The topological polar surface area (TPSA) is 42.5 Å². The fraction of sp³-hybridized carbons (Fsp3) is 0.314. The third kappa shape index (κ3) is 6.06. The van der Waals surface area contributed by atoms with Gasteiger partial charge >= 0.3 is 0 Å². The Balaban J connectivity index is 1.18. The van der Waals surface area contributed by atoms with E-state index in [0.717, 1.165) is 29.3 Å². The molecule has 5 rings (SSSR count). The van der Waals surface area contributed by atoms with Crippen molar-refractivity contribution in [3.8, 4) is 22.6 Å². The highest BCUT2D eigenvalue weighted by Crippen LogP contribution is 2.39. The van der Waals surface area contributed by atoms with E-state index in [0.29, 0.717) is 13.2 Å². The fourth-order valence-corrected chi connectivity index (χ4v) is 5.51. The molecule has 2 unspecified atom stereocenters. The molecule has 2 atom stereocenters. The van der Waals surface area contributed by atoms with Crippen LogP contribution in [0.15, 0.2) is 72.8 Å². The summed E-state index contributed by atoms with van der Waals surface area (Å²) in [5.41, 5.74) is 12.3. The summed E-state index contributed by atoms with van der Waals surface area (Å²) in [7, 11) is 0. The Bertz CT molecular complexity index is 1320. The predicted molar refractivity (Wildman–Crippen MR) is 164 cm³/mol. The van der Waals surface area contributed by atoms with Crippen LogP contribution in [0.25, 0.3) is 11.1 Å². The number of nitrogens with one attached hydrogen (secondary N) is 2. The summed E-state index contributed by atoms with van der Waals surface area (Å²) >= 11 is 0. The number of ether oxygens (including phenoxy) is 2. The van der Waals surface area contributed by atoms with Gasteiger partial charge < -0.3 is 20.1 Å². The molecule has 39 heavy (non-hydrogen) atoms. The van der Waals surface area contributed by atoms with E-state index in [1.54, 1.807) is 0 Å². The van der Waals surface area contributed by atoms with Crippen LogP contribution in [0.2, 0.25) is 0 Å². The first-order valence-electron chi connectivity index (χ1n) is 14.0. The van der Waals surface area contributed by atoms with Crippen LogP contribution >= 0.6 is 0 Å². The van der Waals surface area contributed by atoms with Crippen molar-refractivity contribution < 1.29 is 9.47 Å². The molecule has 0 aliphatic heterocycles. The molecule has 1 aliphatic rings. The van der Waals surface area contributed by atoms with Crippen LogP contribution in [0.4, 0.5) is 11.4 Å². The Labute approximate surface area is 233 Å². The standard InChI is InChI=1S/C35H40N2O2/c1-22-9-7-10-23(2)34(22)38-20-26(5)36-30-13-15-32-28(18-30)17-29-19-31(14-16-33(29)32)37-27(6)21-39-35-24(3)11-8-12-25(35)4/h7-16,18-19,26-27,36-37H,17,20-21H2,1-6H3. The van der Waals surface area contributed by atoms with Gasteiger partial charge in [-0.3, -0.25) is 0 Å². The van der Waals surface area contributed by atoms with E-state index in [1.807, 2.05) is 0 Å². The molecule has 0 heterocycles. The van der Waals surface area contributed by atoms with E-state index < -0.39 is 0 Å². The first-order valence-corrected chi connectivity index (χ1v) is 14.0. The third-order valence-corrected chi connectivity index (χ3v) is 7.48. The second-order valence-corrected chi connectivity index (χ2v) is 11.1. The average molecular weight is 521 g/mol. The number of anilines is 2. The van der Waals surface area contributed by atoms with Gasteiger partial charge in [0.1, 0.15) is 24.7 Å². The van der Waals surface area contributed by atoms with E-state index in [1.165, 1.54) is 44.5 Å². The molecule has 0 bridgehead atoms. The Morgan fingerprint density at radius 2 is 0.974 bits per heavy atom. The van der Waals surface area contributed by atoms with Crippen LogP contribution in [0.1, 0.15) is 47.2 Å². The quantitative estimate of drug-likeness (QED) is 0.195. The van der Waals surface area contributed by atoms with Gasteiger partial charge in [-0.25, -0.2) is 0 Å². The molecule has 0 fully saturated rings. The molecule has 0 saturated carbocycles. The van der Waals surface area contributed by atoms with Crippen molar-refractivity contribution in [3.63, 3.8) is 0 Å². The molecule has 4 aromatic carbocycles. The second-order valence-electron chi connectivity index (χ2n) is 11.1. The summed E-state index contributed by atoms with van der Waals surface area (Å²) in [5, 5.41) is 7.26. The molecule has 0 amide bonds. The number of aryl methyl sites for hydroxylation is 4. The van der Waals surface area contributed by atoms with Crippen molar-refractivity contribution in [2.45, 2.75) is 60.0 Å². The monoisotopic (exact) mass is 520 g/mol. The minimum atomic E-state index is 0.189. The lowest BCUT2D eigenvalue weighted by Crippen LogP contribution is -2.24. The van der Waals surface area contributed by atoms with Crippen molar-refractivity contribution in [2.24, 2.45) is 0 Å². The summed E-state index contributed by atoms with van der Waals surface area (Å²) in [6, 6.07) is 26.4. The maximum atomic E-state index is 6.17. The molecule has 0 spiro atoms. The molecule has 4 aromatic rings. The number of fused-ring (bicyclic) bond motifs is 3. The van der Waals surface area contributed by atoms with Crippen LogP contribution in [0.3, 0.4) is 0 Å². The van der Waals surface area contributed by atoms with Crippen molar-refractivity contribution >= 4 is 11.4 Å². The number of benzene rings is 4. The summed E-state index contributed by atoms with van der Waals surface area (Å²) < 4.78 is 12.3. The van der Waals surface area contributed by atoms with Gasteiger partial charge in [0.15, 0.2) is 0 Å². The highest BCUT2D eigenvalue weighted by Gasteiger charge is 2.20. The van der Waals surface area contributed by atoms with Gasteiger partial charge in [0, 0.05) is 11.4 Å². The summed E-state index contributed by atoms with van der Waals surface area (Å²) in [5.74, 6) is 1.98. The minimum absolute atomic E-state index is 0.189. The van der Waals surface area contributed by atoms with Crippen LogP contribution in [0.5, 0.6) is 11.5 Å². The van der Waals surface area contributed by atoms with Crippen molar-refractivity contribution in [1.29, 1.82) is 0 Å². The first-order chi connectivity index (χ1) is 18.8. The molecule has 202 valence electrons. The number of hydrogen-bond donors (Lipinski definition) is 2. The van der Waals surface area contributed by atoms with Gasteiger partial charge in [-0.2, -0.15) is 0 Å². The van der Waals surface area contributed by atoms with Crippen LogP contribution in [-0.4, -0.2) is 25.3 Å². The first kappa shape index (κ1) is 26.7. The molecule has 1 aliphatic carbocycles. The van der Waals surface area contributed by atoms with Gasteiger partial charge in [-0.15, -0.1) is 0 Å². The molecule has 2 N–H and O–H groups in total. The zero-order chi connectivity index (χ0) is 27.5. The van der Waals surface area contributed by atoms with E-state index in [9.17, 15) is 0 Å². The lowest BCUT2D eigenvalue weighted by Gasteiger charge is -2.19. The summed E-state index contributed by atoms with van der Waals surface area (Å²) in [6.45, 7) is 14.0. The van der Waals surface area contributed by atoms with Crippen LogP contribution < -0.4 is 20.1 Å². The lowest BCUT2D eigenvalue weighted by atomic mass is 10.0. The van der Waals surface area contributed by atoms with Crippen molar-refractivity contribution in [2.75, 3.05) is 23.8 Å². The van der Waals surface area contributed by atoms with Crippen molar-refractivity contribution in [3.05, 3.63) is 106 Å². The zero-order valence-corrected chi connectivity index (χ0v) is 24.0. The van der Waals surface area contributed by atoms with E-state index in [2.05, 4.69) is 125 Å². The Hall–Kier alpha value is -3.92. The number of para-hydroxylation sites is 2. The van der Waals surface area contributed by atoms with Crippen LogP contribution in [0, 0.1) is 27.7 Å². The van der Waals surface area contributed by atoms with Crippen molar-refractivity contribution in [1.82, 2.24) is 0 Å². The van der Waals surface area contributed by atoms with E-state index in [4.69, 9.17) is 9.47 Å². The second kappa shape index (κ2) is 11.4. The maximum absolute atomic E-state index is 6.17. The molecule has 4 heteroatoms.